The summed E-state index contributed by atoms with van der Waals surface area (Å²) in [6, 6.07) is 12.5. The molecule has 33 heavy (non-hydrogen) atoms. The normalized spacial score (nSPS) is 20.5. The molecule has 1 fully saturated rings. The van der Waals surface area contributed by atoms with Crippen LogP contribution in [0.25, 0.3) is 0 Å². The third-order valence-corrected chi connectivity index (χ3v) is 7.57. The lowest BCUT2D eigenvalue weighted by Gasteiger charge is -2.42. The molecule has 0 bridgehead atoms. The lowest BCUT2D eigenvalue weighted by Crippen LogP contribution is -2.44. The quantitative estimate of drug-likeness (QED) is 0.630. The fraction of sp³-hybridized carbons (Fsp3) is 0.360. The molecule has 1 spiro atoms. The van der Waals surface area contributed by atoms with Crippen molar-refractivity contribution in [1.29, 1.82) is 0 Å². The zero-order chi connectivity index (χ0) is 22.6. The Hall–Kier alpha value is -3.52. The van der Waals surface area contributed by atoms with Gasteiger partial charge in [-0.05, 0) is 41.9 Å². The number of fused-ring (bicyclic) bond motifs is 2. The van der Waals surface area contributed by atoms with E-state index in [0.717, 1.165) is 61.1 Å². The molecule has 1 aliphatic carbocycles. The SMILES string of the molecule is CN(C1=NCc2nc(N3CCC4(CC3)Cc3ccccc3[C@H]4N)cnc21)c1ccnc(N)c1. The summed E-state index contributed by atoms with van der Waals surface area (Å²) in [5.41, 5.74) is 18.2. The first-order chi connectivity index (χ1) is 16.0. The monoisotopic (exact) mass is 440 g/mol. The smallest absolute Gasteiger partial charge is 0.156 e. The van der Waals surface area contributed by atoms with Crippen molar-refractivity contribution in [3.63, 3.8) is 0 Å². The first-order valence-corrected chi connectivity index (χ1v) is 11.5. The highest BCUT2D eigenvalue weighted by molar-refractivity contribution is 6.10. The fourth-order valence-electron chi connectivity index (χ4n) is 5.61. The second-order valence-corrected chi connectivity index (χ2v) is 9.36. The molecular formula is C25H28N8. The van der Waals surface area contributed by atoms with E-state index in [9.17, 15) is 0 Å². The molecule has 0 radical (unpaired) electrons. The first kappa shape index (κ1) is 20.1. The van der Waals surface area contributed by atoms with Crippen molar-refractivity contribution in [2.24, 2.45) is 16.1 Å². The summed E-state index contributed by atoms with van der Waals surface area (Å²) in [7, 11) is 1.96. The Kier molecular flexibility index (Phi) is 4.58. The van der Waals surface area contributed by atoms with Crippen LogP contribution in [0.15, 0.2) is 53.8 Å². The number of rotatable bonds is 2. The minimum Gasteiger partial charge on any atom is -0.384 e. The highest BCUT2D eigenvalue weighted by Crippen LogP contribution is 2.50. The molecule has 0 unspecified atom stereocenters. The predicted octanol–water partition coefficient (Wildman–Crippen LogP) is 2.69. The molecule has 2 aromatic heterocycles. The second-order valence-electron chi connectivity index (χ2n) is 9.36. The number of hydrogen-bond acceptors (Lipinski definition) is 8. The Morgan fingerprint density at radius 2 is 1.94 bits per heavy atom. The van der Waals surface area contributed by atoms with Gasteiger partial charge in [0.25, 0.3) is 0 Å². The van der Waals surface area contributed by atoms with Gasteiger partial charge in [-0.1, -0.05) is 24.3 Å². The number of amidine groups is 1. The summed E-state index contributed by atoms with van der Waals surface area (Å²) in [6.07, 6.45) is 6.79. The van der Waals surface area contributed by atoms with E-state index in [-0.39, 0.29) is 11.5 Å². The Balaban J connectivity index is 1.18. The Morgan fingerprint density at radius 3 is 2.73 bits per heavy atom. The predicted molar refractivity (Wildman–Crippen MR) is 130 cm³/mol. The van der Waals surface area contributed by atoms with Crippen LogP contribution >= 0.6 is 0 Å². The van der Waals surface area contributed by atoms with E-state index in [2.05, 4.69) is 34.1 Å². The number of aromatic nitrogens is 3. The molecule has 4 N–H and O–H groups in total. The van der Waals surface area contributed by atoms with Gasteiger partial charge in [0.05, 0.1) is 18.4 Å². The number of nitrogens with zero attached hydrogens (tertiary/aromatic N) is 6. The van der Waals surface area contributed by atoms with Crippen molar-refractivity contribution < 1.29 is 0 Å². The van der Waals surface area contributed by atoms with Crippen LogP contribution in [0.1, 0.15) is 41.4 Å². The number of pyridine rings is 1. The Labute approximate surface area is 193 Å². The number of nitrogen functional groups attached to an aromatic ring is 1. The molecule has 3 aromatic rings. The van der Waals surface area contributed by atoms with Crippen LogP contribution in [-0.2, 0) is 13.0 Å². The van der Waals surface area contributed by atoms with Crippen LogP contribution in [0, 0.1) is 5.41 Å². The molecule has 3 aliphatic rings. The van der Waals surface area contributed by atoms with Gasteiger partial charge in [0, 0.05) is 44.1 Å². The van der Waals surface area contributed by atoms with Gasteiger partial charge in [0.15, 0.2) is 5.84 Å². The molecule has 0 amide bonds. The fourth-order valence-corrected chi connectivity index (χ4v) is 5.61. The van der Waals surface area contributed by atoms with Crippen molar-refractivity contribution in [2.45, 2.75) is 31.8 Å². The maximum Gasteiger partial charge on any atom is 0.156 e. The molecule has 0 saturated carbocycles. The molecule has 6 rings (SSSR count). The van der Waals surface area contributed by atoms with E-state index in [1.807, 2.05) is 30.3 Å². The van der Waals surface area contributed by atoms with Gasteiger partial charge in [-0.25, -0.2) is 15.0 Å². The van der Waals surface area contributed by atoms with Crippen LogP contribution in [0.2, 0.25) is 0 Å². The van der Waals surface area contributed by atoms with Crippen molar-refractivity contribution >= 4 is 23.2 Å². The van der Waals surface area contributed by atoms with Gasteiger partial charge in [-0.15, -0.1) is 0 Å². The summed E-state index contributed by atoms with van der Waals surface area (Å²) < 4.78 is 0. The topological polar surface area (TPSA) is 110 Å². The summed E-state index contributed by atoms with van der Waals surface area (Å²) in [5, 5.41) is 0. The number of benzene rings is 1. The van der Waals surface area contributed by atoms with Crippen LogP contribution in [0.3, 0.4) is 0 Å². The van der Waals surface area contributed by atoms with Gasteiger partial charge >= 0.3 is 0 Å². The molecule has 1 atom stereocenters. The van der Waals surface area contributed by atoms with Crippen LogP contribution in [0.5, 0.6) is 0 Å². The summed E-state index contributed by atoms with van der Waals surface area (Å²) in [4.78, 5) is 22.8. The van der Waals surface area contributed by atoms with Gasteiger partial charge in [-0.2, -0.15) is 0 Å². The number of nitrogens with two attached hydrogens (primary N) is 2. The Morgan fingerprint density at radius 1 is 1.12 bits per heavy atom. The van der Waals surface area contributed by atoms with E-state index < -0.39 is 0 Å². The zero-order valence-corrected chi connectivity index (χ0v) is 18.8. The van der Waals surface area contributed by atoms with E-state index in [1.54, 1.807) is 6.20 Å². The number of aliphatic imine (C=N–C) groups is 1. The average molecular weight is 441 g/mol. The minimum atomic E-state index is 0.121. The maximum absolute atomic E-state index is 6.74. The van der Waals surface area contributed by atoms with Crippen LogP contribution in [0.4, 0.5) is 17.3 Å². The van der Waals surface area contributed by atoms with E-state index >= 15 is 0 Å². The molecule has 2 aliphatic heterocycles. The van der Waals surface area contributed by atoms with E-state index in [4.69, 9.17) is 26.4 Å². The number of piperidine rings is 1. The maximum atomic E-state index is 6.74. The van der Waals surface area contributed by atoms with Gasteiger partial charge in [-0.3, -0.25) is 4.99 Å². The molecule has 8 nitrogen and oxygen atoms in total. The summed E-state index contributed by atoms with van der Waals surface area (Å²) in [6.45, 7) is 2.42. The van der Waals surface area contributed by atoms with Crippen molar-refractivity contribution in [3.05, 3.63) is 71.3 Å². The molecule has 1 saturated heterocycles. The van der Waals surface area contributed by atoms with Crippen molar-refractivity contribution in [2.75, 3.05) is 35.7 Å². The molecule has 1 aromatic carbocycles. The zero-order valence-electron chi connectivity index (χ0n) is 18.8. The highest BCUT2D eigenvalue weighted by Gasteiger charge is 2.46. The first-order valence-electron chi connectivity index (χ1n) is 11.5. The lowest BCUT2D eigenvalue weighted by molar-refractivity contribution is 0.187. The number of anilines is 3. The van der Waals surface area contributed by atoms with Crippen molar-refractivity contribution in [1.82, 2.24) is 15.0 Å². The van der Waals surface area contributed by atoms with Crippen LogP contribution in [-0.4, -0.2) is 40.9 Å². The van der Waals surface area contributed by atoms with Gasteiger partial charge < -0.3 is 21.3 Å². The standard InChI is InChI=1S/C25H28N8/c1-32(17-6-9-28-20(26)12-17)24-22-19(14-30-24)31-21(15-29-22)33-10-7-25(8-11-33)13-16-4-2-3-5-18(16)23(25)27/h2-6,9,12,15,23H,7-8,10-11,13-14,27H2,1H3,(H2,26,28)/t23-/m1/s1. The van der Waals surface area contributed by atoms with Gasteiger partial charge in [0.2, 0.25) is 0 Å². The summed E-state index contributed by atoms with van der Waals surface area (Å²) >= 11 is 0. The summed E-state index contributed by atoms with van der Waals surface area (Å²) in [5.74, 6) is 2.22. The molecule has 8 heteroatoms. The van der Waals surface area contributed by atoms with E-state index in [1.165, 1.54) is 11.1 Å². The van der Waals surface area contributed by atoms with Crippen molar-refractivity contribution in [3.8, 4) is 0 Å². The third-order valence-electron chi connectivity index (χ3n) is 7.57. The van der Waals surface area contributed by atoms with E-state index in [0.29, 0.717) is 12.4 Å². The largest absolute Gasteiger partial charge is 0.384 e. The lowest BCUT2D eigenvalue weighted by atomic mass is 9.73. The molecular weight excluding hydrogens is 412 g/mol. The highest BCUT2D eigenvalue weighted by atomic mass is 15.2. The molecule has 4 heterocycles. The Bertz CT molecular complexity index is 1240. The van der Waals surface area contributed by atoms with Crippen LogP contribution < -0.4 is 21.3 Å². The number of hydrogen-bond donors (Lipinski definition) is 2. The molecule has 168 valence electrons. The average Bonchev–Trinajstić information content (AvgIpc) is 3.38. The minimum absolute atomic E-state index is 0.121. The van der Waals surface area contributed by atoms with Gasteiger partial charge in [0.1, 0.15) is 17.3 Å². The third kappa shape index (κ3) is 3.24. The second kappa shape index (κ2) is 7.52.